The minimum atomic E-state index is -4.03. The Morgan fingerprint density at radius 3 is 2.34 bits per heavy atom. The van der Waals surface area contributed by atoms with Crippen LogP contribution in [-0.2, 0) is 10.0 Å². The number of hydrogen-bond acceptors (Lipinski definition) is 7. The van der Waals surface area contributed by atoms with Gasteiger partial charge in [0, 0.05) is 40.5 Å². The smallest absolute Gasteiger partial charge is 0.260 e. The molecule has 0 aliphatic carbocycles. The van der Waals surface area contributed by atoms with Gasteiger partial charge < -0.3 is 14.3 Å². The second-order valence-electron chi connectivity index (χ2n) is 11.6. The third kappa shape index (κ3) is 6.39. The van der Waals surface area contributed by atoms with Crippen LogP contribution in [0.2, 0.25) is 5.15 Å². The van der Waals surface area contributed by atoms with Crippen LogP contribution in [-0.4, -0.2) is 23.5 Å². The van der Waals surface area contributed by atoms with Crippen LogP contribution >= 0.6 is 11.6 Å². The number of benzene rings is 1. The molecule has 0 spiro atoms. The van der Waals surface area contributed by atoms with Crippen LogP contribution in [0.25, 0.3) is 22.3 Å². The quantitative estimate of drug-likeness (QED) is 0.246. The predicted molar refractivity (Wildman–Crippen MR) is 163 cm³/mol. The molecule has 4 rings (SSSR count). The maximum atomic E-state index is 13.6. The molecule has 0 unspecified atom stereocenters. The highest BCUT2D eigenvalue weighted by molar-refractivity contribution is 7.89. The van der Waals surface area contributed by atoms with Gasteiger partial charge in [0.05, 0.1) is 17.1 Å². The number of aromatic nitrogens is 2. The predicted octanol–water partition coefficient (Wildman–Crippen LogP) is 6.12. The molecular formula is C30H35ClN4O5S. The molecule has 2 N–H and O–H groups in total. The van der Waals surface area contributed by atoms with Crippen molar-refractivity contribution in [2.24, 2.45) is 0 Å². The van der Waals surface area contributed by atoms with Gasteiger partial charge in [-0.3, -0.25) is 9.59 Å². The Hall–Kier alpha value is -3.47. The second kappa shape index (κ2) is 11.1. The molecule has 41 heavy (non-hydrogen) atoms. The first kappa shape index (κ1) is 30.5. The minimum absolute atomic E-state index is 0.0346. The van der Waals surface area contributed by atoms with Crippen molar-refractivity contribution in [2.75, 3.05) is 5.32 Å². The number of nitrogens with one attached hydrogen (secondary N) is 2. The lowest BCUT2D eigenvalue weighted by Gasteiger charge is -2.23. The summed E-state index contributed by atoms with van der Waals surface area (Å²) in [5.74, 6) is 0.361. The van der Waals surface area contributed by atoms with E-state index in [9.17, 15) is 18.0 Å². The van der Waals surface area contributed by atoms with Gasteiger partial charge in [0.2, 0.25) is 0 Å². The maximum Gasteiger partial charge on any atom is 0.260 e. The Morgan fingerprint density at radius 2 is 1.71 bits per heavy atom. The minimum Gasteiger partial charge on any atom is -0.455 e. The molecular weight excluding hydrogens is 564 g/mol. The number of aryl methyl sites for hydroxylation is 1. The molecule has 0 radical (unpaired) electrons. The molecule has 0 aliphatic rings. The molecule has 0 aliphatic heterocycles. The van der Waals surface area contributed by atoms with E-state index in [2.05, 4.69) is 15.0 Å². The number of sulfonamides is 1. The highest BCUT2D eigenvalue weighted by Gasteiger charge is 2.28. The summed E-state index contributed by atoms with van der Waals surface area (Å²) in [5.41, 5.74) is 2.04. The van der Waals surface area contributed by atoms with Gasteiger partial charge in [-0.05, 0) is 85.2 Å². The van der Waals surface area contributed by atoms with E-state index in [1.807, 2.05) is 33.8 Å². The van der Waals surface area contributed by atoms with Crippen LogP contribution in [0.4, 0.5) is 5.69 Å². The Labute approximate surface area is 244 Å². The van der Waals surface area contributed by atoms with Crippen molar-refractivity contribution in [1.82, 2.24) is 14.3 Å². The van der Waals surface area contributed by atoms with E-state index in [-0.39, 0.29) is 32.9 Å². The zero-order chi connectivity index (χ0) is 30.4. The molecule has 3 heterocycles. The highest BCUT2D eigenvalue weighted by atomic mass is 35.5. The van der Waals surface area contributed by atoms with Crippen molar-refractivity contribution >= 4 is 38.3 Å². The summed E-state index contributed by atoms with van der Waals surface area (Å²) in [5, 5.41) is 3.44. The number of halogens is 1. The fraction of sp³-hybridized carbons (Fsp3) is 0.367. The number of anilines is 1. The Bertz CT molecular complexity index is 1870. The van der Waals surface area contributed by atoms with E-state index in [4.69, 9.17) is 16.0 Å². The van der Waals surface area contributed by atoms with E-state index < -0.39 is 21.6 Å². The molecule has 0 amide bonds. The van der Waals surface area contributed by atoms with Gasteiger partial charge >= 0.3 is 0 Å². The first-order valence-electron chi connectivity index (χ1n) is 13.3. The van der Waals surface area contributed by atoms with E-state index in [1.165, 1.54) is 12.1 Å². The van der Waals surface area contributed by atoms with E-state index in [0.29, 0.717) is 33.4 Å². The molecule has 0 bridgehead atoms. The van der Waals surface area contributed by atoms with Crippen LogP contribution in [0.1, 0.15) is 70.3 Å². The number of fused-ring (bicyclic) bond motifs is 1. The van der Waals surface area contributed by atoms with Crippen molar-refractivity contribution < 1.29 is 12.8 Å². The lowest BCUT2D eigenvalue weighted by Crippen LogP contribution is -2.41. The topological polar surface area (TPSA) is 123 Å². The molecule has 0 saturated heterocycles. The Balaban J connectivity index is 1.88. The monoisotopic (exact) mass is 598 g/mol. The van der Waals surface area contributed by atoms with Crippen LogP contribution < -0.4 is 21.0 Å². The van der Waals surface area contributed by atoms with E-state index in [1.54, 1.807) is 56.7 Å². The molecule has 11 heteroatoms. The Morgan fingerprint density at radius 1 is 1.02 bits per heavy atom. The van der Waals surface area contributed by atoms with Gasteiger partial charge in [0.15, 0.2) is 10.5 Å². The molecule has 1 aromatic carbocycles. The van der Waals surface area contributed by atoms with Crippen molar-refractivity contribution in [2.45, 2.75) is 78.0 Å². The first-order valence-corrected chi connectivity index (χ1v) is 15.1. The largest absolute Gasteiger partial charge is 0.455 e. The van der Waals surface area contributed by atoms with Gasteiger partial charge in [0.1, 0.15) is 16.5 Å². The van der Waals surface area contributed by atoms with E-state index in [0.717, 1.165) is 5.56 Å². The molecule has 4 aromatic rings. The fourth-order valence-corrected chi connectivity index (χ4v) is 6.44. The molecule has 9 nitrogen and oxygen atoms in total. The summed E-state index contributed by atoms with van der Waals surface area (Å²) in [6.07, 6.45) is 1.69. The average Bonchev–Trinajstić information content (AvgIpc) is 2.86. The number of hydrogen-bond donors (Lipinski definition) is 2. The van der Waals surface area contributed by atoms with Gasteiger partial charge in [-0.25, -0.2) is 18.1 Å². The van der Waals surface area contributed by atoms with Crippen LogP contribution in [0, 0.1) is 13.8 Å². The summed E-state index contributed by atoms with van der Waals surface area (Å²) < 4.78 is 37.1. The lowest BCUT2D eigenvalue weighted by molar-refractivity contribution is 0.490. The summed E-state index contributed by atoms with van der Waals surface area (Å²) in [6.45, 7) is 14.4. The molecule has 218 valence electrons. The van der Waals surface area contributed by atoms with Crippen LogP contribution in [0.5, 0.6) is 0 Å². The van der Waals surface area contributed by atoms with Crippen LogP contribution in [0.3, 0.4) is 0 Å². The third-order valence-electron chi connectivity index (χ3n) is 6.51. The third-order valence-corrected chi connectivity index (χ3v) is 8.42. The number of rotatable bonds is 7. The molecule has 0 fully saturated rings. The number of nitrogens with zero attached hydrogens (tertiary/aromatic N) is 2. The fourth-order valence-electron chi connectivity index (χ4n) is 4.70. The zero-order valence-electron chi connectivity index (χ0n) is 24.4. The summed E-state index contributed by atoms with van der Waals surface area (Å²) in [7, 11) is -4.03. The normalized spacial score (nSPS) is 13.1. The highest BCUT2D eigenvalue weighted by Crippen LogP contribution is 2.33. The zero-order valence-corrected chi connectivity index (χ0v) is 26.0. The maximum absolute atomic E-state index is 13.6. The van der Waals surface area contributed by atoms with E-state index >= 15 is 0 Å². The van der Waals surface area contributed by atoms with Gasteiger partial charge in [0.25, 0.3) is 15.6 Å². The summed E-state index contributed by atoms with van der Waals surface area (Å²) in [6, 6.07) is 9.25. The summed E-state index contributed by atoms with van der Waals surface area (Å²) in [4.78, 5) is 30.1. The van der Waals surface area contributed by atoms with Crippen molar-refractivity contribution in [3.05, 3.63) is 85.0 Å². The molecule has 3 aromatic heterocycles. The summed E-state index contributed by atoms with van der Waals surface area (Å²) >= 11 is 6.09. The van der Waals surface area contributed by atoms with Crippen molar-refractivity contribution in [1.29, 1.82) is 0 Å². The average molecular weight is 599 g/mol. The van der Waals surface area contributed by atoms with Crippen molar-refractivity contribution in [3.63, 3.8) is 0 Å². The molecule has 1 atom stereocenters. The van der Waals surface area contributed by atoms with Gasteiger partial charge in [-0.2, -0.15) is 0 Å². The first-order chi connectivity index (χ1) is 19.0. The number of pyridine rings is 2. The SMILES string of the molecule is Cc1cc([C@@H](C)Nc2ccc(Cl)nc2S(=O)(=O)NC(C)(C)C)c2oc(-c3ccc(=O)n(C(C)C)c3)c(C)c(=O)c2c1. The van der Waals surface area contributed by atoms with Gasteiger partial charge in [-0.15, -0.1) is 0 Å². The van der Waals surface area contributed by atoms with Crippen molar-refractivity contribution in [3.8, 4) is 11.3 Å². The second-order valence-corrected chi connectivity index (χ2v) is 13.6. The standard InChI is InChI=1S/C30H35ClN4O5S/c1-16(2)35-15-20(9-12-25(35)36)27-18(4)26(37)22-14-17(3)13-21(28(22)40-27)19(5)32-23-10-11-24(31)33-29(23)41(38,39)34-30(6,7)8/h9-16,19,32,34H,1-8H3/t19-/m1/s1. The van der Waals surface area contributed by atoms with Crippen LogP contribution in [0.15, 0.2) is 61.6 Å². The molecule has 0 saturated carbocycles. The lowest BCUT2D eigenvalue weighted by atomic mass is 9.99. The van der Waals surface area contributed by atoms with Gasteiger partial charge in [-0.1, -0.05) is 17.7 Å². The Kier molecular flexibility index (Phi) is 8.23.